The zero-order chi connectivity index (χ0) is 13.2. The molecule has 0 aromatic carbocycles. The van der Waals surface area contributed by atoms with Crippen LogP contribution < -0.4 is 10.2 Å². The molecule has 2 unspecified atom stereocenters. The van der Waals surface area contributed by atoms with Crippen LogP contribution in [0.5, 0.6) is 0 Å². The van der Waals surface area contributed by atoms with E-state index in [0.717, 1.165) is 24.6 Å². The molecule has 0 saturated carbocycles. The maximum atomic E-state index is 4.50. The van der Waals surface area contributed by atoms with Crippen molar-refractivity contribution in [3.63, 3.8) is 0 Å². The molecule has 1 N–H and O–H groups in total. The highest BCUT2D eigenvalue weighted by Crippen LogP contribution is 2.25. The Labute approximate surface area is 112 Å². The second-order valence-corrected chi connectivity index (χ2v) is 5.24. The Hall–Kier alpha value is -1.69. The summed E-state index contributed by atoms with van der Waals surface area (Å²) in [5, 5.41) is 11.5. The highest BCUT2D eigenvalue weighted by Gasteiger charge is 2.26. The van der Waals surface area contributed by atoms with Crippen molar-refractivity contribution in [2.75, 3.05) is 25.0 Å². The summed E-state index contributed by atoms with van der Waals surface area (Å²) in [6.07, 6.45) is 7.90. The van der Waals surface area contributed by atoms with E-state index in [4.69, 9.17) is 0 Å². The first-order chi connectivity index (χ1) is 9.29. The lowest BCUT2D eigenvalue weighted by Gasteiger charge is -2.36. The smallest absolute Gasteiger partial charge is 0.203 e. The summed E-state index contributed by atoms with van der Waals surface area (Å²) in [5.41, 5.74) is 0.847. The minimum Gasteiger partial charge on any atom is -0.353 e. The van der Waals surface area contributed by atoms with E-state index in [1.165, 1.54) is 12.8 Å². The molecule has 2 atom stereocenters. The van der Waals surface area contributed by atoms with Crippen LogP contribution in [0.25, 0.3) is 5.65 Å². The summed E-state index contributed by atoms with van der Waals surface area (Å²) < 4.78 is 1.92. The number of piperidine rings is 1. The number of aromatic nitrogens is 4. The third kappa shape index (κ3) is 2.28. The Bertz CT molecular complexity index is 551. The molecule has 2 aromatic rings. The Morgan fingerprint density at radius 2 is 2.37 bits per heavy atom. The predicted octanol–water partition coefficient (Wildman–Crippen LogP) is 0.949. The molecule has 102 valence electrons. The molecule has 0 spiro atoms. The van der Waals surface area contributed by atoms with Crippen LogP contribution in [0.15, 0.2) is 18.7 Å². The maximum Gasteiger partial charge on any atom is 0.203 e. The first-order valence-electron chi connectivity index (χ1n) is 6.86. The molecule has 1 aliphatic rings. The molecule has 0 radical (unpaired) electrons. The number of rotatable bonds is 3. The van der Waals surface area contributed by atoms with E-state index in [9.17, 15) is 0 Å². The second kappa shape index (κ2) is 5.13. The van der Waals surface area contributed by atoms with Gasteiger partial charge < -0.3 is 10.2 Å². The van der Waals surface area contributed by atoms with Crippen LogP contribution >= 0.6 is 0 Å². The lowest BCUT2D eigenvalue weighted by atomic mass is 9.92. The molecule has 1 fully saturated rings. The van der Waals surface area contributed by atoms with Crippen molar-refractivity contribution >= 4 is 11.5 Å². The van der Waals surface area contributed by atoms with E-state index in [0.29, 0.717) is 12.0 Å². The number of hydrogen-bond donors (Lipinski definition) is 1. The monoisotopic (exact) mass is 260 g/mol. The minimum atomic E-state index is 0.528. The zero-order valence-corrected chi connectivity index (χ0v) is 11.5. The van der Waals surface area contributed by atoms with Gasteiger partial charge in [-0.1, -0.05) is 0 Å². The quantitative estimate of drug-likeness (QED) is 0.890. The van der Waals surface area contributed by atoms with Crippen LogP contribution in [-0.4, -0.2) is 45.8 Å². The summed E-state index contributed by atoms with van der Waals surface area (Å²) in [7, 11) is 2.03. The molecule has 19 heavy (non-hydrogen) atoms. The van der Waals surface area contributed by atoms with Gasteiger partial charge in [0.15, 0.2) is 5.82 Å². The highest BCUT2D eigenvalue weighted by molar-refractivity contribution is 5.63. The number of nitrogens with zero attached hydrogens (tertiary/aromatic N) is 5. The molecule has 2 aromatic heterocycles. The van der Waals surface area contributed by atoms with Gasteiger partial charge in [0.25, 0.3) is 0 Å². The molecule has 6 nitrogen and oxygen atoms in total. The summed E-state index contributed by atoms with van der Waals surface area (Å²) in [6, 6.07) is 0.528. The van der Waals surface area contributed by atoms with Gasteiger partial charge in [-0.2, -0.15) is 0 Å². The summed E-state index contributed by atoms with van der Waals surface area (Å²) in [5.74, 6) is 1.61. The van der Waals surface area contributed by atoms with Crippen LogP contribution in [-0.2, 0) is 0 Å². The van der Waals surface area contributed by atoms with Crippen molar-refractivity contribution in [1.29, 1.82) is 0 Å². The molecule has 1 saturated heterocycles. The third-order valence-corrected chi connectivity index (χ3v) is 4.12. The van der Waals surface area contributed by atoms with Crippen molar-refractivity contribution in [3.05, 3.63) is 18.7 Å². The fourth-order valence-electron chi connectivity index (χ4n) is 2.81. The molecule has 0 aliphatic carbocycles. The fraction of sp³-hybridized carbons (Fsp3) is 0.615. The summed E-state index contributed by atoms with van der Waals surface area (Å²) in [4.78, 5) is 6.84. The fourth-order valence-corrected chi connectivity index (χ4v) is 2.81. The van der Waals surface area contributed by atoms with Crippen molar-refractivity contribution in [3.8, 4) is 0 Å². The van der Waals surface area contributed by atoms with Gasteiger partial charge >= 0.3 is 0 Å². The normalized spacial score (nSPS) is 21.8. The second-order valence-electron chi connectivity index (χ2n) is 5.24. The standard InChI is InChI=1S/C13H20N6/c1-10(14-2)11-4-3-6-18(8-11)12-13-17-16-9-19(13)7-5-15-12/h5,7,9-11,14H,3-4,6,8H2,1-2H3. The van der Waals surface area contributed by atoms with E-state index in [1.54, 1.807) is 6.33 Å². The number of nitrogens with one attached hydrogen (secondary N) is 1. The van der Waals surface area contributed by atoms with Gasteiger partial charge in [-0.25, -0.2) is 4.98 Å². The molecule has 0 amide bonds. The Kier molecular flexibility index (Phi) is 3.33. The van der Waals surface area contributed by atoms with Crippen molar-refractivity contribution in [2.45, 2.75) is 25.8 Å². The minimum absolute atomic E-state index is 0.528. The van der Waals surface area contributed by atoms with Gasteiger partial charge in [-0.15, -0.1) is 10.2 Å². The largest absolute Gasteiger partial charge is 0.353 e. The lowest BCUT2D eigenvalue weighted by molar-refractivity contribution is 0.332. The zero-order valence-electron chi connectivity index (χ0n) is 11.5. The van der Waals surface area contributed by atoms with Crippen molar-refractivity contribution in [1.82, 2.24) is 24.9 Å². The topological polar surface area (TPSA) is 58.4 Å². The molecular formula is C13H20N6. The van der Waals surface area contributed by atoms with Gasteiger partial charge in [-0.3, -0.25) is 4.40 Å². The molecule has 3 rings (SSSR count). The summed E-state index contributed by atoms with van der Waals surface area (Å²) in [6.45, 7) is 4.33. The average molecular weight is 260 g/mol. The van der Waals surface area contributed by atoms with Crippen LogP contribution in [0.1, 0.15) is 19.8 Å². The maximum absolute atomic E-state index is 4.50. The average Bonchev–Trinajstić information content (AvgIpc) is 2.94. The van der Waals surface area contributed by atoms with Gasteiger partial charge in [0.2, 0.25) is 5.65 Å². The van der Waals surface area contributed by atoms with E-state index in [2.05, 4.69) is 32.3 Å². The van der Waals surface area contributed by atoms with Gasteiger partial charge in [0, 0.05) is 31.5 Å². The first kappa shape index (κ1) is 12.3. The van der Waals surface area contributed by atoms with Crippen LogP contribution in [0.2, 0.25) is 0 Å². The predicted molar refractivity (Wildman–Crippen MR) is 74.2 cm³/mol. The summed E-state index contributed by atoms with van der Waals surface area (Å²) >= 11 is 0. The molecular weight excluding hydrogens is 240 g/mol. The van der Waals surface area contributed by atoms with Crippen LogP contribution in [0.4, 0.5) is 5.82 Å². The van der Waals surface area contributed by atoms with E-state index < -0.39 is 0 Å². The number of fused-ring (bicyclic) bond motifs is 1. The highest BCUT2D eigenvalue weighted by atomic mass is 15.3. The first-order valence-corrected chi connectivity index (χ1v) is 6.86. The Morgan fingerprint density at radius 1 is 1.47 bits per heavy atom. The van der Waals surface area contributed by atoms with Gasteiger partial charge in [0.1, 0.15) is 6.33 Å². The molecule has 6 heteroatoms. The van der Waals surface area contributed by atoms with Crippen molar-refractivity contribution < 1.29 is 0 Å². The van der Waals surface area contributed by atoms with Crippen molar-refractivity contribution in [2.24, 2.45) is 5.92 Å². The van der Waals surface area contributed by atoms with Gasteiger partial charge in [0.05, 0.1) is 0 Å². The number of hydrogen-bond acceptors (Lipinski definition) is 5. The Balaban J connectivity index is 1.87. The van der Waals surface area contributed by atoms with E-state index in [-0.39, 0.29) is 0 Å². The van der Waals surface area contributed by atoms with Crippen LogP contribution in [0.3, 0.4) is 0 Å². The molecule has 0 bridgehead atoms. The molecule has 3 heterocycles. The Morgan fingerprint density at radius 3 is 3.21 bits per heavy atom. The third-order valence-electron chi connectivity index (χ3n) is 4.12. The molecule has 1 aliphatic heterocycles. The van der Waals surface area contributed by atoms with Crippen LogP contribution in [0, 0.1) is 5.92 Å². The lowest BCUT2D eigenvalue weighted by Crippen LogP contribution is -2.44. The SMILES string of the molecule is CNC(C)C1CCCN(c2nccn3cnnc23)C1. The van der Waals surface area contributed by atoms with E-state index in [1.807, 2.05) is 23.8 Å². The number of anilines is 1. The van der Waals surface area contributed by atoms with Gasteiger partial charge in [-0.05, 0) is 32.7 Å². The van der Waals surface area contributed by atoms with E-state index >= 15 is 0 Å².